The molecule has 0 bridgehead atoms. The lowest BCUT2D eigenvalue weighted by molar-refractivity contribution is 0.660. The lowest BCUT2D eigenvalue weighted by Gasteiger charge is -2.31. The number of rotatable bonds is 5. The monoisotopic (exact) mass is 954 g/mol. The van der Waals surface area contributed by atoms with Crippen molar-refractivity contribution in [1.29, 1.82) is 0 Å². The normalized spacial score (nSPS) is 15.7. The summed E-state index contributed by atoms with van der Waals surface area (Å²) >= 11 is 0. The molecule has 0 saturated heterocycles. The maximum atomic E-state index is 6.73. The van der Waals surface area contributed by atoms with Crippen LogP contribution in [0.2, 0.25) is 0 Å². The number of aryl methyl sites for hydroxylation is 5. The SMILES string of the molecule is C/C=C(C)\C(=C/N)n1c2ccc(-c3ccc4c(c3)-c3ccccc3C4(C)C)cc2c2cc3c4c(c21)CCc1cc2c5cc(-c6ccc7c(c6)-c6ccccc6C7(C)C)ccc5n(-c5cnccc5C)c2c(c1-4)CC3. The average molecular weight is 955 g/mol. The van der Waals surface area contributed by atoms with Crippen molar-refractivity contribution in [2.24, 2.45) is 5.73 Å². The molecule has 0 radical (unpaired) electrons. The molecule has 4 nitrogen and oxygen atoms in total. The average Bonchev–Trinajstić information content (AvgIpc) is 4.08. The van der Waals surface area contributed by atoms with Crippen LogP contribution in [-0.2, 0) is 36.5 Å². The van der Waals surface area contributed by atoms with Gasteiger partial charge in [-0.1, -0.05) is 119 Å². The van der Waals surface area contributed by atoms with Gasteiger partial charge in [0.25, 0.3) is 0 Å². The molecule has 15 rings (SSSR count). The standard InChI is InChI=1S/C70H58N4/c1-8-39(2)63(37-71)73-61-27-21-43(41-19-25-59-51(31-41)47-13-9-11-15-57(47)69(59,4)5)33-53(61)55-35-45-18-24-50-66-46(17-23-49(65(45)66)67(55)73)36-56-54-34-44(22-28-62(54)74(68(50)56)64-38-72-30-29-40(64)3)42-20-26-60-52(32-42)48-14-10-12-16-58(48)70(60,6)7/h8-16,19-22,25-38H,17-18,23-24,71H2,1-7H3/b39-8-,63-37+. The van der Waals surface area contributed by atoms with Crippen LogP contribution in [0.4, 0.5) is 0 Å². The Balaban J connectivity index is 0.953. The molecule has 0 aliphatic heterocycles. The predicted octanol–water partition coefficient (Wildman–Crippen LogP) is 17.1. The summed E-state index contributed by atoms with van der Waals surface area (Å²) in [6, 6.07) is 53.8. The Kier molecular flexibility index (Phi) is 8.90. The van der Waals surface area contributed by atoms with E-state index in [4.69, 9.17) is 10.7 Å². The summed E-state index contributed by atoms with van der Waals surface area (Å²) in [5.74, 6) is 0. The highest BCUT2D eigenvalue weighted by atomic mass is 15.0. The molecule has 3 aromatic heterocycles. The minimum atomic E-state index is -0.0328. The van der Waals surface area contributed by atoms with E-state index in [9.17, 15) is 0 Å². The molecule has 3 heterocycles. The van der Waals surface area contributed by atoms with Gasteiger partial charge in [0.1, 0.15) is 0 Å². The second-order valence-corrected chi connectivity index (χ2v) is 22.8. The third kappa shape index (κ3) is 5.66. The number of nitrogens with two attached hydrogens (primary N) is 1. The summed E-state index contributed by atoms with van der Waals surface area (Å²) in [4.78, 5) is 4.76. The summed E-state index contributed by atoms with van der Waals surface area (Å²) in [6.07, 6.45) is 11.8. The van der Waals surface area contributed by atoms with Gasteiger partial charge in [-0.2, -0.15) is 0 Å². The second kappa shape index (κ2) is 15.2. The minimum Gasteiger partial charge on any atom is -0.403 e. The highest BCUT2D eigenvalue weighted by molar-refractivity contribution is 6.17. The molecule has 358 valence electrons. The zero-order valence-electron chi connectivity index (χ0n) is 43.3. The molecule has 4 heteroatoms. The van der Waals surface area contributed by atoms with Crippen LogP contribution in [0.25, 0.3) is 111 Å². The van der Waals surface area contributed by atoms with Crippen LogP contribution in [-0.4, -0.2) is 14.1 Å². The van der Waals surface area contributed by atoms with E-state index >= 15 is 0 Å². The molecule has 0 amide bonds. The van der Waals surface area contributed by atoms with Gasteiger partial charge in [-0.3, -0.25) is 4.98 Å². The van der Waals surface area contributed by atoms with Gasteiger partial charge in [0.2, 0.25) is 0 Å². The zero-order chi connectivity index (χ0) is 50.1. The number of allylic oxidation sites excluding steroid dienone is 3. The number of pyridine rings is 1. The fourth-order valence-corrected chi connectivity index (χ4v) is 14.5. The Hall–Kier alpha value is -8.21. The molecule has 11 aromatic rings. The molecular formula is C70H58N4. The first-order chi connectivity index (χ1) is 36.0. The molecular weight excluding hydrogens is 897 g/mol. The maximum Gasteiger partial charge on any atom is 0.0674 e. The fourth-order valence-electron chi connectivity index (χ4n) is 14.5. The van der Waals surface area contributed by atoms with Crippen LogP contribution in [0.15, 0.2) is 170 Å². The quantitative estimate of drug-likeness (QED) is 0.175. The van der Waals surface area contributed by atoms with Crippen LogP contribution >= 0.6 is 0 Å². The van der Waals surface area contributed by atoms with Crippen molar-refractivity contribution in [3.05, 3.63) is 220 Å². The van der Waals surface area contributed by atoms with Gasteiger partial charge in [-0.25, -0.2) is 0 Å². The first kappa shape index (κ1) is 43.4. The molecule has 0 unspecified atom stereocenters. The van der Waals surface area contributed by atoms with Crippen LogP contribution in [0.1, 0.15) is 91.6 Å². The van der Waals surface area contributed by atoms with Gasteiger partial charge in [-0.05, 0) is 212 Å². The minimum absolute atomic E-state index is 0.0297. The van der Waals surface area contributed by atoms with E-state index in [-0.39, 0.29) is 10.8 Å². The number of nitrogens with zero attached hydrogens (tertiary/aromatic N) is 3. The van der Waals surface area contributed by atoms with Gasteiger partial charge in [0, 0.05) is 44.8 Å². The van der Waals surface area contributed by atoms with Crippen LogP contribution in [0.3, 0.4) is 0 Å². The van der Waals surface area contributed by atoms with Gasteiger partial charge in [0.05, 0.1) is 39.6 Å². The Morgan fingerprint density at radius 3 is 1.61 bits per heavy atom. The van der Waals surface area contributed by atoms with E-state index in [0.717, 1.165) is 42.6 Å². The van der Waals surface area contributed by atoms with Crippen molar-refractivity contribution in [1.82, 2.24) is 14.1 Å². The summed E-state index contributed by atoms with van der Waals surface area (Å²) in [6.45, 7) is 16.0. The Bertz CT molecular complexity index is 4410. The zero-order valence-corrected chi connectivity index (χ0v) is 43.3. The maximum absolute atomic E-state index is 6.73. The number of benzene rings is 8. The van der Waals surface area contributed by atoms with Crippen LogP contribution in [0, 0.1) is 6.92 Å². The first-order valence-electron chi connectivity index (χ1n) is 26.7. The van der Waals surface area contributed by atoms with E-state index in [1.54, 1.807) is 0 Å². The number of hydrogen-bond donors (Lipinski definition) is 1. The smallest absolute Gasteiger partial charge is 0.0674 e. The molecule has 74 heavy (non-hydrogen) atoms. The van der Waals surface area contributed by atoms with Gasteiger partial charge >= 0.3 is 0 Å². The Labute approximate surface area is 433 Å². The fraction of sp³-hybridized carbons (Fsp3) is 0.186. The molecule has 2 N–H and O–H groups in total. The number of hydrogen-bond acceptors (Lipinski definition) is 2. The summed E-state index contributed by atoms with van der Waals surface area (Å²) < 4.78 is 5.04. The summed E-state index contributed by atoms with van der Waals surface area (Å²) in [5.41, 5.74) is 40.8. The van der Waals surface area contributed by atoms with Crippen LogP contribution < -0.4 is 5.73 Å². The lowest BCUT2D eigenvalue weighted by Crippen LogP contribution is -2.16. The highest BCUT2D eigenvalue weighted by Crippen LogP contribution is 2.54. The number of aromatic nitrogens is 3. The molecule has 0 atom stereocenters. The molecule has 0 saturated carbocycles. The second-order valence-electron chi connectivity index (χ2n) is 22.8. The van der Waals surface area contributed by atoms with E-state index in [1.165, 1.54) is 149 Å². The Morgan fingerprint density at radius 2 is 1.04 bits per heavy atom. The van der Waals surface area contributed by atoms with Crippen molar-refractivity contribution in [3.63, 3.8) is 0 Å². The van der Waals surface area contributed by atoms with E-state index < -0.39 is 0 Å². The predicted molar refractivity (Wildman–Crippen MR) is 310 cm³/mol. The topological polar surface area (TPSA) is 48.8 Å². The summed E-state index contributed by atoms with van der Waals surface area (Å²) in [7, 11) is 0. The van der Waals surface area contributed by atoms with Crippen molar-refractivity contribution in [3.8, 4) is 61.3 Å². The number of fused-ring (bicyclic) bond motifs is 14. The highest BCUT2D eigenvalue weighted by Gasteiger charge is 2.38. The van der Waals surface area contributed by atoms with Crippen molar-refractivity contribution in [2.45, 2.75) is 85.0 Å². The third-order valence-electron chi connectivity index (χ3n) is 18.3. The van der Waals surface area contributed by atoms with Crippen molar-refractivity contribution < 1.29 is 0 Å². The van der Waals surface area contributed by atoms with Crippen molar-refractivity contribution >= 4 is 49.3 Å². The van der Waals surface area contributed by atoms with E-state index in [2.05, 4.69) is 209 Å². The van der Waals surface area contributed by atoms with Crippen LogP contribution in [0.5, 0.6) is 0 Å². The van der Waals surface area contributed by atoms with Gasteiger partial charge in [-0.15, -0.1) is 0 Å². The first-order valence-corrected chi connectivity index (χ1v) is 26.7. The third-order valence-corrected chi connectivity index (χ3v) is 18.3. The van der Waals surface area contributed by atoms with E-state index in [0.29, 0.717) is 0 Å². The molecule has 4 aliphatic carbocycles. The van der Waals surface area contributed by atoms with E-state index in [1.807, 2.05) is 12.4 Å². The lowest BCUT2D eigenvalue weighted by atomic mass is 9.74. The molecule has 0 fully saturated rings. The molecule has 8 aromatic carbocycles. The van der Waals surface area contributed by atoms with Gasteiger partial charge in [0.15, 0.2) is 0 Å². The van der Waals surface area contributed by atoms with Crippen molar-refractivity contribution in [2.75, 3.05) is 0 Å². The van der Waals surface area contributed by atoms with Gasteiger partial charge < -0.3 is 14.9 Å². The molecule has 4 aliphatic rings. The largest absolute Gasteiger partial charge is 0.403 e. The summed E-state index contributed by atoms with van der Waals surface area (Å²) in [5, 5.41) is 5.20. The molecule has 0 spiro atoms. The Morgan fingerprint density at radius 1 is 0.541 bits per heavy atom.